The third-order valence-electron chi connectivity index (χ3n) is 6.08. The summed E-state index contributed by atoms with van der Waals surface area (Å²) in [5.74, 6) is -0.566. The van der Waals surface area contributed by atoms with E-state index in [4.69, 9.17) is 4.74 Å². The van der Waals surface area contributed by atoms with E-state index in [0.717, 1.165) is 25.5 Å². The van der Waals surface area contributed by atoms with Gasteiger partial charge in [0.1, 0.15) is 11.6 Å². The fourth-order valence-corrected chi connectivity index (χ4v) is 4.74. The van der Waals surface area contributed by atoms with Gasteiger partial charge in [-0.2, -0.15) is 0 Å². The molecule has 0 aliphatic carbocycles. The van der Waals surface area contributed by atoms with Crippen molar-refractivity contribution < 1.29 is 18.3 Å². The summed E-state index contributed by atoms with van der Waals surface area (Å²) in [6.07, 6.45) is 6.75. The highest BCUT2D eigenvalue weighted by Crippen LogP contribution is 2.43. The van der Waals surface area contributed by atoms with Crippen LogP contribution in [0.15, 0.2) is 55.0 Å². The molecule has 6 nitrogen and oxygen atoms in total. The monoisotopic (exact) mass is 422 g/mol. The second-order valence-electron chi connectivity index (χ2n) is 7.87. The zero-order chi connectivity index (χ0) is 21.4. The number of halogens is 2. The van der Waals surface area contributed by atoms with Crippen molar-refractivity contribution in [3.63, 3.8) is 0 Å². The Morgan fingerprint density at radius 1 is 1.06 bits per heavy atom. The maximum atomic E-state index is 14.8. The van der Waals surface area contributed by atoms with E-state index in [0.29, 0.717) is 23.9 Å². The Morgan fingerprint density at radius 3 is 2.68 bits per heavy atom. The summed E-state index contributed by atoms with van der Waals surface area (Å²) in [6, 6.07) is 8.97. The van der Waals surface area contributed by atoms with Gasteiger partial charge in [0.25, 0.3) is 5.91 Å². The predicted octanol–water partition coefficient (Wildman–Crippen LogP) is 3.89. The van der Waals surface area contributed by atoms with Gasteiger partial charge in [-0.15, -0.1) is 0 Å². The number of pyridine rings is 1. The SMILES string of the molecule is O=C(c1c(F)cccc1-c1ncccn1)N1C2CCC1C(COc1ccc(F)cn1)C2. The summed E-state index contributed by atoms with van der Waals surface area (Å²) in [7, 11) is 0. The Bertz CT molecular complexity index is 1090. The molecule has 0 spiro atoms. The first kappa shape index (κ1) is 19.5. The summed E-state index contributed by atoms with van der Waals surface area (Å²) < 4.78 is 33.6. The Balaban J connectivity index is 1.38. The number of hydrogen-bond donors (Lipinski definition) is 0. The fourth-order valence-electron chi connectivity index (χ4n) is 4.74. The predicted molar refractivity (Wildman–Crippen MR) is 108 cm³/mol. The lowest BCUT2D eigenvalue weighted by Crippen LogP contribution is -2.38. The van der Waals surface area contributed by atoms with Crippen LogP contribution in [0.3, 0.4) is 0 Å². The molecular weight excluding hydrogens is 402 g/mol. The number of rotatable bonds is 5. The first-order valence-corrected chi connectivity index (χ1v) is 10.2. The molecule has 0 N–H and O–H groups in total. The van der Waals surface area contributed by atoms with Crippen LogP contribution in [0, 0.1) is 17.6 Å². The van der Waals surface area contributed by atoms with Crippen LogP contribution in [0.25, 0.3) is 11.4 Å². The Labute approximate surface area is 177 Å². The van der Waals surface area contributed by atoms with E-state index >= 15 is 0 Å². The van der Waals surface area contributed by atoms with Gasteiger partial charge in [0.2, 0.25) is 5.88 Å². The van der Waals surface area contributed by atoms with Crippen LogP contribution in [-0.4, -0.2) is 44.4 Å². The molecule has 3 atom stereocenters. The second kappa shape index (κ2) is 8.02. The van der Waals surface area contributed by atoms with E-state index in [-0.39, 0.29) is 29.5 Å². The molecule has 5 rings (SSSR count). The number of ether oxygens (including phenoxy) is 1. The standard InChI is InChI=1S/C23H20F2N4O2/c24-15-5-8-20(28-12-15)31-13-14-11-16-6-7-19(14)29(16)23(30)21-17(3-1-4-18(21)25)22-26-9-2-10-27-22/h1-5,8-10,12,14,16,19H,6-7,11,13H2. The van der Waals surface area contributed by atoms with E-state index in [9.17, 15) is 13.6 Å². The molecule has 2 fully saturated rings. The average Bonchev–Trinajstić information content (AvgIpc) is 3.37. The minimum atomic E-state index is -0.579. The number of fused-ring (bicyclic) bond motifs is 2. The van der Waals surface area contributed by atoms with Crippen molar-refractivity contribution in [3.05, 3.63) is 72.2 Å². The zero-order valence-corrected chi connectivity index (χ0v) is 16.6. The molecule has 2 aliphatic rings. The summed E-state index contributed by atoms with van der Waals surface area (Å²) >= 11 is 0. The molecule has 1 aromatic carbocycles. The van der Waals surface area contributed by atoms with Gasteiger partial charge in [-0.1, -0.05) is 12.1 Å². The third kappa shape index (κ3) is 3.62. The van der Waals surface area contributed by atoms with Gasteiger partial charge in [-0.3, -0.25) is 4.79 Å². The van der Waals surface area contributed by atoms with Crippen LogP contribution < -0.4 is 4.74 Å². The van der Waals surface area contributed by atoms with Crippen LogP contribution >= 0.6 is 0 Å². The molecule has 8 heteroatoms. The van der Waals surface area contributed by atoms with Crippen LogP contribution in [0.2, 0.25) is 0 Å². The Morgan fingerprint density at radius 2 is 1.90 bits per heavy atom. The van der Waals surface area contributed by atoms with Crippen molar-refractivity contribution >= 4 is 5.91 Å². The van der Waals surface area contributed by atoms with Crippen LogP contribution in [-0.2, 0) is 0 Å². The summed E-state index contributed by atoms with van der Waals surface area (Å²) in [4.78, 5) is 27.6. The maximum Gasteiger partial charge on any atom is 0.258 e. The lowest BCUT2D eigenvalue weighted by molar-refractivity contribution is 0.0706. The van der Waals surface area contributed by atoms with E-state index in [2.05, 4.69) is 15.0 Å². The molecule has 2 aliphatic heterocycles. The molecular formula is C23H20F2N4O2. The lowest BCUT2D eigenvalue weighted by atomic mass is 9.90. The van der Waals surface area contributed by atoms with Crippen molar-refractivity contribution in [3.8, 4) is 17.3 Å². The minimum Gasteiger partial charge on any atom is -0.477 e. The number of nitrogens with zero attached hydrogens (tertiary/aromatic N) is 4. The molecule has 2 aromatic heterocycles. The molecule has 1 amide bonds. The van der Waals surface area contributed by atoms with Crippen molar-refractivity contribution in [2.45, 2.75) is 31.3 Å². The summed E-state index contributed by atoms with van der Waals surface area (Å²) in [5.41, 5.74) is 0.396. The molecule has 3 aromatic rings. The van der Waals surface area contributed by atoms with Gasteiger partial charge in [-0.05, 0) is 37.5 Å². The minimum absolute atomic E-state index is 0.00682. The normalized spacial score (nSPS) is 22.0. The van der Waals surface area contributed by atoms with Gasteiger partial charge in [0, 0.05) is 42.0 Å². The number of amides is 1. The summed E-state index contributed by atoms with van der Waals surface area (Å²) in [6.45, 7) is 0.371. The van der Waals surface area contributed by atoms with Gasteiger partial charge in [0.05, 0.1) is 18.4 Å². The number of hydrogen-bond acceptors (Lipinski definition) is 5. The smallest absolute Gasteiger partial charge is 0.258 e. The largest absolute Gasteiger partial charge is 0.477 e. The number of carbonyl (C=O) groups is 1. The quantitative estimate of drug-likeness (QED) is 0.624. The fraction of sp³-hybridized carbons (Fsp3) is 0.304. The molecule has 31 heavy (non-hydrogen) atoms. The highest BCUT2D eigenvalue weighted by atomic mass is 19.1. The van der Waals surface area contributed by atoms with E-state index in [1.165, 1.54) is 18.2 Å². The Kier molecular flexibility index (Phi) is 5.05. The zero-order valence-electron chi connectivity index (χ0n) is 16.6. The van der Waals surface area contributed by atoms with Crippen molar-refractivity contribution in [1.29, 1.82) is 0 Å². The first-order valence-electron chi connectivity index (χ1n) is 10.2. The third-order valence-corrected chi connectivity index (χ3v) is 6.08. The summed E-state index contributed by atoms with van der Waals surface area (Å²) in [5, 5.41) is 0. The highest BCUT2D eigenvalue weighted by Gasteiger charge is 2.49. The first-order chi connectivity index (χ1) is 15.1. The van der Waals surface area contributed by atoms with Crippen LogP contribution in [0.5, 0.6) is 5.88 Å². The Hall–Kier alpha value is -3.42. The van der Waals surface area contributed by atoms with E-state index < -0.39 is 11.6 Å². The molecule has 4 heterocycles. The van der Waals surface area contributed by atoms with E-state index in [1.807, 2.05) is 0 Å². The van der Waals surface area contributed by atoms with Gasteiger partial charge < -0.3 is 9.64 Å². The van der Waals surface area contributed by atoms with E-state index in [1.54, 1.807) is 35.5 Å². The van der Waals surface area contributed by atoms with Gasteiger partial charge in [-0.25, -0.2) is 23.7 Å². The molecule has 2 bridgehead atoms. The lowest BCUT2D eigenvalue weighted by Gasteiger charge is -2.25. The van der Waals surface area contributed by atoms with Gasteiger partial charge in [0.15, 0.2) is 5.82 Å². The average molecular weight is 422 g/mol. The molecule has 0 radical (unpaired) electrons. The van der Waals surface area contributed by atoms with Crippen LogP contribution in [0.4, 0.5) is 8.78 Å². The topological polar surface area (TPSA) is 68.2 Å². The molecule has 158 valence electrons. The second-order valence-corrected chi connectivity index (χ2v) is 7.87. The molecule has 2 saturated heterocycles. The van der Waals surface area contributed by atoms with Crippen molar-refractivity contribution in [2.75, 3.05) is 6.61 Å². The molecule has 0 saturated carbocycles. The molecule has 3 unspecified atom stereocenters. The van der Waals surface area contributed by atoms with Crippen molar-refractivity contribution in [2.24, 2.45) is 5.92 Å². The number of benzene rings is 1. The van der Waals surface area contributed by atoms with Crippen LogP contribution in [0.1, 0.15) is 29.6 Å². The number of aromatic nitrogens is 3. The maximum absolute atomic E-state index is 14.8. The highest BCUT2D eigenvalue weighted by molar-refractivity contribution is 6.01. The van der Waals surface area contributed by atoms with Gasteiger partial charge >= 0.3 is 0 Å². The van der Waals surface area contributed by atoms with Crippen molar-refractivity contribution in [1.82, 2.24) is 19.9 Å². The number of carbonyl (C=O) groups excluding carboxylic acids is 1.